The minimum Gasteiger partial charge on any atom is -0.378 e. The molecule has 1 amide bonds. The SMILES string of the molecule is CC(C)(CNC(=O)CCOC1CCNCC1)c1cccs1. The fraction of sp³-hybridized carbons (Fsp3) is 0.688. The molecule has 1 aromatic rings. The summed E-state index contributed by atoms with van der Waals surface area (Å²) in [5.74, 6) is 0.0774. The lowest BCUT2D eigenvalue weighted by atomic mass is 9.91. The Balaban J connectivity index is 1.63. The highest BCUT2D eigenvalue weighted by atomic mass is 32.1. The number of hydrogen-bond acceptors (Lipinski definition) is 4. The van der Waals surface area contributed by atoms with Gasteiger partial charge in [-0.15, -0.1) is 11.3 Å². The van der Waals surface area contributed by atoms with Crippen LogP contribution in [0, 0.1) is 0 Å². The number of hydrogen-bond donors (Lipinski definition) is 2. The van der Waals surface area contributed by atoms with Crippen molar-refractivity contribution in [1.82, 2.24) is 10.6 Å². The topological polar surface area (TPSA) is 50.4 Å². The second-order valence-corrected chi connectivity index (χ2v) is 7.16. The van der Waals surface area contributed by atoms with E-state index in [1.165, 1.54) is 4.88 Å². The smallest absolute Gasteiger partial charge is 0.222 e. The van der Waals surface area contributed by atoms with Crippen LogP contribution < -0.4 is 10.6 Å². The van der Waals surface area contributed by atoms with E-state index in [4.69, 9.17) is 4.74 Å². The molecule has 0 spiro atoms. The number of ether oxygens (including phenoxy) is 1. The summed E-state index contributed by atoms with van der Waals surface area (Å²) in [6.07, 6.45) is 2.87. The van der Waals surface area contributed by atoms with Crippen molar-refractivity contribution in [2.75, 3.05) is 26.2 Å². The van der Waals surface area contributed by atoms with Gasteiger partial charge in [-0.25, -0.2) is 0 Å². The van der Waals surface area contributed by atoms with Crippen molar-refractivity contribution in [2.24, 2.45) is 0 Å². The Labute approximate surface area is 131 Å². The number of rotatable bonds is 7. The summed E-state index contributed by atoms with van der Waals surface area (Å²) < 4.78 is 5.76. The largest absolute Gasteiger partial charge is 0.378 e. The molecule has 0 bridgehead atoms. The molecule has 1 aliphatic rings. The molecule has 1 fully saturated rings. The second kappa shape index (κ2) is 7.92. The first kappa shape index (κ1) is 16.5. The van der Waals surface area contributed by atoms with Crippen LogP contribution in [0.3, 0.4) is 0 Å². The van der Waals surface area contributed by atoms with Gasteiger partial charge in [0.05, 0.1) is 12.7 Å². The molecule has 0 aliphatic carbocycles. The molecule has 2 N–H and O–H groups in total. The average Bonchev–Trinajstić information content (AvgIpc) is 3.01. The predicted octanol–water partition coefficient (Wildman–Crippen LogP) is 2.30. The molecular formula is C16H26N2O2S. The van der Waals surface area contributed by atoms with Gasteiger partial charge >= 0.3 is 0 Å². The molecule has 4 nitrogen and oxygen atoms in total. The quantitative estimate of drug-likeness (QED) is 0.812. The van der Waals surface area contributed by atoms with Crippen molar-refractivity contribution in [1.29, 1.82) is 0 Å². The minimum absolute atomic E-state index is 0.0142. The number of carbonyl (C=O) groups excluding carboxylic acids is 1. The van der Waals surface area contributed by atoms with Gasteiger partial charge in [-0.05, 0) is 37.4 Å². The monoisotopic (exact) mass is 310 g/mol. The Morgan fingerprint density at radius 2 is 2.24 bits per heavy atom. The van der Waals surface area contributed by atoms with Crippen LogP contribution in [0.15, 0.2) is 17.5 Å². The van der Waals surface area contributed by atoms with Crippen molar-refractivity contribution in [3.8, 4) is 0 Å². The zero-order valence-electron chi connectivity index (χ0n) is 13.0. The van der Waals surface area contributed by atoms with Gasteiger partial charge in [0.15, 0.2) is 0 Å². The molecule has 5 heteroatoms. The Bertz CT molecular complexity index is 425. The van der Waals surface area contributed by atoms with E-state index in [0.717, 1.165) is 25.9 Å². The first-order valence-corrected chi connectivity index (χ1v) is 8.59. The Morgan fingerprint density at radius 3 is 2.90 bits per heavy atom. The minimum atomic E-state index is -0.0142. The van der Waals surface area contributed by atoms with Crippen molar-refractivity contribution in [2.45, 2.75) is 44.6 Å². The van der Waals surface area contributed by atoms with Crippen molar-refractivity contribution in [3.05, 3.63) is 22.4 Å². The summed E-state index contributed by atoms with van der Waals surface area (Å²) in [5, 5.41) is 8.41. The lowest BCUT2D eigenvalue weighted by Crippen LogP contribution is -2.37. The van der Waals surface area contributed by atoms with Crippen LogP contribution in [0.4, 0.5) is 0 Å². The van der Waals surface area contributed by atoms with Crippen LogP contribution in [0.2, 0.25) is 0 Å². The summed E-state index contributed by atoms with van der Waals surface area (Å²) in [4.78, 5) is 13.2. The molecule has 0 radical (unpaired) electrons. The van der Waals surface area contributed by atoms with Gasteiger partial charge < -0.3 is 15.4 Å². The van der Waals surface area contributed by atoms with E-state index in [2.05, 4.69) is 42.0 Å². The van der Waals surface area contributed by atoms with Gasteiger partial charge in [0.2, 0.25) is 5.91 Å². The first-order valence-electron chi connectivity index (χ1n) is 7.71. The Hall–Kier alpha value is -0.910. The van der Waals surface area contributed by atoms with Gasteiger partial charge in [-0.1, -0.05) is 19.9 Å². The highest BCUT2D eigenvalue weighted by Crippen LogP contribution is 2.26. The normalized spacial score (nSPS) is 16.9. The van der Waals surface area contributed by atoms with Gasteiger partial charge in [0.25, 0.3) is 0 Å². The highest BCUT2D eigenvalue weighted by molar-refractivity contribution is 7.10. The third kappa shape index (κ3) is 5.41. The molecule has 2 rings (SSSR count). The number of nitrogens with one attached hydrogen (secondary N) is 2. The Morgan fingerprint density at radius 1 is 1.48 bits per heavy atom. The van der Waals surface area contributed by atoms with Crippen LogP contribution in [0.5, 0.6) is 0 Å². The van der Waals surface area contributed by atoms with Crippen LogP contribution >= 0.6 is 11.3 Å². The molecule has 21 heavy (non-hydrogen) atoms. The molecule has 0 saturated carbocycles. The van der Waals surface area contributed by atoms with E-state index in [0.29, 0.717) is 25.7 Å². The van der Waals surface area contributed by atoms with Crippen molar-refractivity contribution in [3.63, 3.8) is 0 Å². The summed E-state index contributed by atoms with van der Waals surface area (Å²) in [6.45, 7) is 7.54. The summed E-state index contributed by atoms with van der Waals surface area (Å²) >= 11 is 1.74. The zero-order valence-corrected chi connectivity index (χ0v) is 13.8. The molecular weight excluding hydrogens is 284 g/mol. The maximum Gasteiger partial charge on any atom is 0.222 e. The summed E-state index contributed by atoms with van der Waals surface area (Å²) in [7, 11) is 0. The lowest BCUT2D eigenvalue weighted by Gasteiger charge is -2.24. The first-order chi connectivity index (χ1) is 10.1. The maximum atomic E-state index is 11.9. The number of amides is 1. The third-order valence-electron chi connectivity index (χ3n) is 3.88. The predicted molar refractivity (Wildman–Crippen MR) is 86.8 cm³/mol. The van der Waals surface area contributed by atoms with Gasteiger partial charge in [-0.3, -0.25) is 4.79 Å². The fourth-order valence-electron chi connectivity index (χ4n) is 2.44. The summed E-state index contributed by atoms with van der Waals surface area (Å²) in [6, 6.07) is 4.17. The van der Waals surface area contributed by atoms with E-state index in [1.54, 1.807) is 11.3 Å². The van der Waals surface area contributed by atoms with E-state index in [9.17, 15) is 4.79 Å². The highest BCUT2D eigenvalue weighted by Gasteiger charge is 2.22. The van der Waals surface area contributed by atoms with E-state index in [1.807, 2.05) is 0 Å². The van der Waals surface area contributed by atoms with E-state index >= 15 is 0 Å². The summed E-state index contributed by atoms with van der Waals surface area (Å²) in [5.41, 5.74) is -0.0142. The average molecular weight is 310 g/mol. The van der Waals surface area contributed by atoms with Crippen LogP contribution in [-0.4, -0.2) is 38.3 Å². The number of piperidine rings is 1. The molecule has 1 saturated heterocycles. The number of carbonyl (C=O) groups is 1. The van der Waals surface area contributed by atoms with Crippen LogP contribution in [0.25, 0.3) is 0 Å². The number of thiophene rings is 1. The van der Waals surface area contributed by atoms with E-state index in [-0.39, 0.29) is 11.3 Å². The van der Waals surface area contributed by atoms with Gasteiger partial charge in [0.1, 0.15) is 0 Å². The molecule has 1 aliphatic heterocycles. The van der Waals surface area contributed by atoms with Crippen molar-refractivity contribution < 1.29 is 9.53 Å². The Kier molecular flexibility index (Phi) is 6.21. The molecule has 0 aromatic carbocycles. The zero-order chi connectivity index (χ0) is 15.1. The standard InChI is InChI=1S/C16H26N2O2S/c1-16(2,14-4-3-11-21-14)12-18-15(19)7-10-20-13-5-8-17-9-6-13/h3-4,11,13,17H,5-10,12H2,1-2H3,(H,18,19). The molecule has 0 unspecified atom stereocenters. The molecule has 118 valence electrons. The van der Waals surface area contributed by atoms with Gasteiger partial charge in [0, 0.05) is 23.3 Å². The fourth-order valence-corrected chi connectivity index (χ4v) is 3.29. The van der Waals surface area contributed by atoms with Gasteiger partial charge in [-0.2, -0.15) is 0 Å². The third-order valence-corrected chi connectivity index (χ3v) is 5.12. The van der Waals surface area contributed by atoms with E-state index < -0.39 is 0 Å². The molecule has 1 aromatic heterocycles. The maximum absolute atomic E-state index is 11.9. The van der Waals surface area contributed by atoms with Crippen LogP contribution in [-0.2, 0) is 14.9 Å². The van der Waals surface area contributed by atoms with Crippen LogP contribution in [0.1, 0.15) is 38.0 Å². The molecule has 2 heterocycles. The lowest BCUT2D eigenvalue weighted by molar-refractivity contribution is -0.123. The molecule has 0 atom stereocenters. The van der Waals surface area contributed by atoms with Crippen molar-refractivity contribution >= 4 is 17.2 Å². The second-order valence-electron chi connectivity index (χ2n) is 6.21.